The quantitative estimate of drug-likeness (QED) is 0.832. The molecule has 1 aliphatic rings. The van der Waals surface area contributed by atoms with Crippen molar-refractivity contribution in [2.45, 2.75) is 19.3 Å². The van der Waals surface area contributed by atoms with Gasteiger partial charge in [0.25, 0.3) is 0 Å². The fourth-order valence-electron chi connectivity index (χ4n) is 2.40. The number of hydrogen-bond acceptors (Lipinski definition) is 4. The van der Waals surface area contributed by atoms with Gasteiger partial charge < -0.3 is 10.6 Å². The number of aryl methyl sites for hydroxylation is 1. The summed E-state index contributed by atoms with van der Waals surface area (Å²) in [6.45, 7) is 0.982. The summed E-state index contributed by atoms with van der Waals surface area (Å²) in [5.74, 6) is 1.33. The van der Waals surface area contributed by atoms with Crippen LogP contribution < -0.4 is 10.6 Å². The molecule has 0 atom stereocenters. The molecule has 4 nitrogen and oxygen atoms in total. The minimum atomic E-state index is 0.460. The number of rotatable bonds is 1. The zero-order valence-electron chi connectivity index (χ0n) is 10.2. The van der Waals surface area contributed by atoms with E-state index in [0.29, 0.717) is 5.82 Å². The highest BCUT2D eigenvalue weighted by molar-refractivity contribution is 5.64. The lowest BCUT2D eigenvalue weighted by molar-refractivity contribution is 0.757. The van der Waals surface area contributed by atoms with Crippen molar-refractivity contribution in [3.63, 3.8) is 0 Å². The number of aromatic nitrogens is 2. The lowest BCUT2D eigenvalue weighted by Gasteiger charge is -2.23. The average molecular weight is 240 g/mol. The first kappa shape index (κ1) is 11.0. The van der Waals surface area contributed by atoms with Gasteiger partial charge in [-0.2, -0.15) is 0 Å². The van der Waals surface area contributed by atoms with Crippen molar-refractivity contribution in [2.75, 3.05) is 17.2 Å². The van der Waals surface area contributed by atoms with E-state index in [1.807, 2.05) is 0 Å². The Labute approximate surface area is 106 Å². The summed E-state index contributed by atoms with van der Waals surface area (Å²) in [4.78, 5) is 10.7. The lowest BCUT2D eigenvalue weighted by atomic mass is 10.1. The highest BCUT2D eigenvalue weighted by Gasteiger charge is 2.17. The summed E-state index contributed by atoms with van der Waals surface area (Å²) in [7, 11) is 0. The van der Waals surface area contributed by atoms with Crippen LogP contribution in [0.15, 0.2) is 36.7 Å². The monoisotopic (exact) mass is 240 g/mol. The number of para-hydroxylation sites is 1. The second-order valence-corrected chi connectivity index (χ2v) is 4.54. The Morgan fingerprint density at radius 2 is 1.94 bits per heavy atom. The van der Waals surface area contributed by atoms with E-state index in [2.05, 4.69) is 39.1 Å². The molecule has 0 unspecified atom stereocenters. The van der Waals surface area contributed by atoms with Gasteiger partial charge in [0.2, 0.25) is 0 Å². The van der Waals surface area contributed by atoms with Crippen molar-refractivity contribution in [1.82, 2.24) is 9.97 Å². The van der Waals surface area contributed by atoms with E-state index in [-0.39, 0.29) is 0 Å². The first-order valence-electron chi connectivity index (χ1n) is 6.27. The molecule has 1 aromatic carbocycles. The Hall–Kier alpha value is -2.10. The molecule has 92 valence electrons. The third-order valence-corrected chi connectivity index (χ3v) is 3.29. The Morgan fingerprint density at radius 3 is 2.78 bits per heavy atom. The Balaban J connectivity index is 2.03. The average Bonchev–Trinajstić information content (AvgIpc) is 2.62. The molecule has 0 aliphatic carbocycles. The van der Waals surface area contributed by atoms with Gasteiger partial charge >= 0.3 is 0 Å². The van der Waals surface area contributed by atoms with Crippen molar-refractivity contribution >= 4 is 17.3 Å². The largest absolute Gasteiger partial charge is 0.382 e. The maximum absolute atomic E-state index is 5.59. The normalized spacial score (nSPS) is 15.0. The van der Waals surface area contributed by atoms with Crippen LogP contribution in [0.1, 0.15) is 18.4 Å². The molecule has 0 bridgehead atoms. The number of fused-ring (bicyclic) bond motifs is 1. The van der Waals surface area contributed by atoms with Gasteiger partial charge in [-0.3, -0.25) is 0 Å². The van der Waals surface area contributed by atoms with Gasteiger partial charge in [-0.05, 0) is 30.9 Å². The zero-order chi connectivity index (χ0) is 12.4. The minimum absolute atomic E-state index is 0.460. The summed E-state index contributed by atoms with van der Waals surface area (Å²) in [5, 5.41) is 0. The number of anilines is 3. The fourth-order valence-corrected chi connectivity index (χ4v) is 2.40. The zero-order valence-corrected chi connectivity index (χ0v) is 10.2. The van der Waals surface area contributed by atoms with E-state index in [0.717, 1.165) is 18.8 Å². The molecule has 4 heteroatoms. The topological polar surface area (TPSA) is 55.0 Å². The third-order valence-electron chi connectivity index (χ3n) is 3.29. The smallest absolute Gasteiger partial charge is 0.151 e. The minimum Gasteiger partial charge on any atom is -0.382 e. The third kappa shape index (κ3) is 2.01. The molecule has 0 saturated carbocycles. The fraction of sp³-hybridized carbons (Fsp3) is 0.286. The number of nitrogens with zero attached hydrogens (tertiary/aromatic N) is 3. The summed E-state index contributed by atoms with van der Waals surface area (Å²) < 4.78 is 0. The Morgan fingerprint density at radius 1 is 1.06 bits per heavy atom. The summed E-state index contributed by atoms with van der Waals surface area (Å²) in [6, 6.07) is 8.51. The van der Waals surface area contributed by atoms with E-state index in [1.165, 1.54) is 24.1 Å². The van der Waals surface area contributed by atoms with Crippen LogP contribution in [0.4, 0.5) is 17.3 Å². The van der Waals surface area contributed by atoms with Gasteiger partial charge in [0.15, 0.2) is 5.82 Å². The lowest BCUT2D eigenvalue weighted by Crippen LogP contribution is -2.19. The molecule has 0 fully saturated rings. The van der Waals surface area contributed by atoms with Gasteiger partial charge in [-0.15, -0.1) is 0 Å². The molecule has 0 spiro atoms. The molecule has 2 aromatic rings. The van der Waals surface area contributed by atoms with Gasteiger partial charge in [-0.1, -0.05) is 18.2 Å². The van der Waals surface area contributed by atoms with Gasteiger partial charge in [0.05, 0.1) is 12.4 Å². The molecule has 3 rings (SSSR count). The number of nitrogen functional groups attached to an aromatic ring is 1. The predicted octanol–water partition coefficient (Wildman–Crippen LogP) is 2.53. The summed E-state index contributed by atoms with van der Waals surface area (Å²) in [5.41, 5.74) is 8.22. The Kier molecular flexibility index (Phi) is 2.84. The van der Waals surface area contributed by atoms with Crippen molar-refractivity contribution in [1.29, 1.82) is 0 Å². The van der Waals surface area contributed by atoms with Crippen LogP contribution in [0.3, 0.4) is 0 Å². The SMILES string of the molecule is Nc1cnc(N2CCCCc3ccccc32)cn1. The van der Waals surface area contributed by atoms with Gasteiger partial charge in [-0.25, -0.2) is 9.97 Å². The number of benzene rings is 1. The second kappa shape index (κ2) is 4.64. The highest BCUT2D eigenvalue weighted by Crippen LogP contribution is 2.30. The van der Waals surface area contributed by atoms with Crippen LogP contribution in [0.5, 0.6) is 0 Å². The van der Waals surface area contributed by atoms with Crippen molar-refractivity contribution in [2.24, 2.45) is 0 Å². The molecule has 1 aromatic heterocycles. The van der Waals surface area contributed by atoms with E-state index in [1.54, 1.807) is 12.4 Å². The van der Waals surface area contributed by atoms with Crippen LogP contribution in [0.25, 0.3) is 0 Å². The highest BCUT2D eigenvalue weighted by atomic mass is 15.2. The maximum Gasteiger partial charge on any atom is 0.151 e. The molecule has 1 aliphatic heterocycles. The van der Waals surface area contributed by atoms with Crippen LogP contribution in [0.2, 0.25) is 0 Å². The van der Waals surface area contributed by atoms with Crippen LogP contribution in [0, 0.1) is 0 Å². The van der Waals surface area contributed by atoms with Crippen LogP contribution >= 0.6 is 0 Å². The molecule has 0 radical (unpaired) electrons. The maximum atomic E-state index is 5.59. The Bertz CT molecular complexity index is 536. The molecular formula is C14H16N4. The van der Waals surface area contributed by atoms with E-state index < -0.39 is 0 Å². The predicted molar refractivity (Wildman–Crippen MR) is 72.8 cm³/mol. The standard InChI is InChI=1S/C14H16N4/c15-13-9-17-14(10-16-13)18-8-4-3-6-11-5-1-2-7-12(11)18/h1-2,5,7,9-10H,3-4,6,8H2,(H2,15,16). The molecule has 2 heterocycles. The summed E-state index contributed by atoms with van der Waals surface area (Å²) in [6.07, 6.45) is 6.88. The van der Waals surface area contributed by atoms with E-state index in [4.69, 9.17) is 5.73 Å². The molecule has 0 saturated heterocycles. The molecule has 2 N–H and O–H groups in total. The van der Waals surface area contributed by atoms with Crippen LogP contribution in [-0.4, -0.2) is 16.5 Å². The van der Waals surface area contributed by atoms with Gasteiger partial charge in [0.1, 0.15) is 5.82 Å². The second-order valence-electron chi connectivity index (χ2n) is 4.54. The first-order valence-corrected chi connectivity index (χ1v) is 6.27. The number of nitrogens with two attached hydrogens (primary N) is 1. The summed E-state index contributed by atoms with van der Waals surface area (Å²) >= 11 is 0. The van der Waals surface area contributed by atoms with E-state index >= 15 is 0 Å². The number of hydrogen-bond donors (Lipinski definition) is 1. The van der Waals surface area contributed by atoms with Crippen molar-refractivity contribution in [3.8, 4) is 0 Å². The van der Waals surface area contributed by atoms with Crippen molar-refractivity contribution < 1.29 is 0 Å². The van der Waals surface area contributed by atoms with Gasteiger partial charge in [0, 0.05) is 12.2 Å². The first-order chi connectivity index (χ1) is 8.84. The molecular weight excluding hydrogens is 224 g/mol. The molecule has 18 heavy (non-hydrogen) atoms. The van der Waals surface area contributed by atoms with Crippen molar-refractivity contribution in [3.05, 3.63) is 42.2 Å². The molecule has 0 amide bonds. The van der Waals surface area contributed by atoms with E-state index in [9.17, 15) is 0 Å². The van der Waals surface area contributed by atoms with Crippen LogP contribution in [-0.2, 0) is 6.42 Å².